The van der Waals surface area contributed by atoms with E-state index in [1.165, 1.54) is 23.0 Å². The number of ether oxygens (including phenoxy) is 1. The highest BCUT2D eigenvalue weighted by Crippen LogP contribution is 2.30. The van der Waals surface area contributed by atoms with E-state index in [4.69, 9.17) is 10.5 Å². The number of hydrogen-bond donors (Lipinski definition) is 1. The molecule has 0 unspecified atom stereocenters. The second-order valence-electron chi connectivity index (χ2n) is 9.14. The lowest BCUT2D eigenvalue weighted by Gasteiger charge is -2.12. The number of ketones is 1. The van der Waals surface area contributed by atoms with E-state index in [9.17, 15) is 13.2 Å². The predicted octanol–water partition coefficient (Wildman–Crippen LogP) is 5.37. The Kier molecular flexibility index (Phi) is 6.16. The summed E-state index contributed by atoms with van der Waals surface area (Å²) in [6, 6.07) is 25.6. The molecule has 0 fully saturated rings. The number of fused-ring (bicyclic) bond motifs is 1. The van der Waals surface area contributed by atoms with Gasteiger partial charge in [0.15, 0.2) is 0 Å². The van der Waals surface area contributed by atoms with Crippen molar-refractivity contribution in [2.75, 3.05) is 5.73 Å². The maximum atomic E-state index is 13.8. The lowest BCUT2D eigenvalue weighted by atomic mass is 10.1. The molecule has 3 aromatic heterocycles. The molecule has 3 aromatic carbocycles. The van der Waals surface area contributed by atoms with Gasteiger partial charge in [0.25, 0.3) is 10.0 Å². The van der Waals surface area contributed by atoms with Crippen molar-refractivity contribution in [2.45, 2.75) is 11.8 Å². The van der Waals surface area contributed by atoms with Crippen LogP contribution < -0.4 is 10.5 Å². The fraction of sp³-hybridized carbons (Fsp3) is 0.0333. The fourth-order valence-corrected chi connectivity index (χ4v) is 5.95. The summed E-state index contributed by atoms with van der Waals surface area (Å²) >= 11 is 0. The van der Waals surface area contributed by atoms with Gasteiger partial charge >= 0.3 is 0 Å². The van der Waals surface area contributed by atoms with Crippen LogP contribution in [0.3, 0.4) is 0 Å². The minimum absolute atomic E-state index is 0.0340. The van der Waals surface area contributed by atoms with Crippen LogP contribution in [0.1, 0.15) is 21.6 Å². The molecule has 0 radical (unpaired) electrons. The van der Waals surface area contributed by atoms with Crippen LogP contribution in [0, 0.1) is 6.92 Å². The third kappa shape index (κ3) is 4.40. The number of carbonyl (C=O) groups is 1. The zero-order valence-corrected chi connectivity index (χ0v) is 22.1. The maximum Gasteiger partial charge on any atom is 0.268 e. The van der Waals surface area contributed by atoms with Gasteiger partial charge in [-0.2, -0.15) is 5.10 Å². The lowest BCUT2D eigenvalue weighted by Crippen LogP contribution is -2.19. The van der Waals surface area contributed by atoms with Crippen molar-refractivity contribution in [2.24, 2.45) is 0 Å². The Bertz CT molecular complexity index is 1960. The normalized spacial score (nSPS) is 11.5. The van der Waals surface area contributed by atoms with Gasteiger partial charge in [-0.1, -0.05) is 35.9 Å². The van der Waals surface area contributed by atoms with E-state index in [2.05, 4.69) is 10.1 Å². The van der Waals surface area contributed by atoms with Crippen molar-refractivity contribution in [3.63, 3.8) is 0 Å². The third-order valence-corrected chi connectivity index (χ3v) is 8.20. The number of nitrogen functional groups attached to an aromatic ring is 1. The second kappa shape index (κ2) is 9.83. The highest BCUT2D eigenvalue weighted by molar-refractivity contribution is 7.90. The van der Waals surface area contributed by atoms with Gasteiger partial charge in [0.2, 0.25) is 5.78 Å². The molecule has 6 aromatic rings. The number of aromatic nitrogens is 4. The molecule has 6 rings (SSSR count). The minimum Gasteiger partial charge on any atom is -0.456 e. The van der Waals surface area contributed by atoms with Crippen LogP contribution in [-0.4, -0.2) is 32.9 Å². The van der Waals surface area contributed by atoms with Gasteiger partial charge in [-0.3, -0.25) is 9.78 Å². The number of anilines is 1. The monoisotopic (exact) mass is 549 g/mol. The highest BCUT2D eigenvalue weighted by Gasteiger charge is 2.29. The van der Waals surface area contributed by atoms with Crippen LogP contribution in [0.5, 0.6) is 11.5 Å². The first kappa shape index (κ1) is 25.1. The zero-order valence-electron chi connectivity index (χ0n) is 21.3. The van der Waals surface area contributed by atoms with Crippen LogP contribution in [0.15, 0.2) is 114 Å². The first-order chi connectivity index (χ1) is 19.3. The summed E-state index contributed by atoms with van der Waals surface area (Å²) < 4.78 is 35.9. The molecule has 0 aliphatic carbocycles. The quantitative estimate of drug-likeness (QED) is 0.266. The summed E-state index contributed by atoms with van der Waals surface area (Å²) in [5.74, 6) is 0.699. The Balaban J connectivity index is 1.38. The first-order valence-electron chi connectivity index (χ1n) is 12.3. The standard InChI is InChI=1S/C30H23N5O4S/c1-20-8-14-25(15-9-20)40(37,38)35-27-7-3-2-5-21(27)17-28(35)29(36)26-19-33-34(30(26)31)22-10-12-23(13-11-22)39-24-6-4-16-32-18-24/h2-19H,31H2,1H3. The lowest BCUT2D eigenvalue weighted by molar-refractivity contribution is 0.103. The van der Waals surface area contributed by atoms with Gasteiger partial charge in [0, 0.05) is 11.6 Å². The molecule has 0 aliphatic heterocycles. The molecule has 2 N–H and O–H groups in total. The molecule has 9 nitrogen and oxygen atoms in total. The van der Waals surface area contributed by atoms with E-state index < -0.39 is 15.8 Å². The van der Waals surface area contributed by atoms with E-state index in [-0.39, 0.29) is 22.0 Å². The molecule has 40 heavy (non-hydrogen) atoms. The molecular formula is C30H23N5O4S. The molecule has 0 saturated carbocycles. The van der Waals surface area contributed by atoms with Crippen molar-refractivity contribution in [1.29, 1.82) is 0 Å². The van der Waals surface area contributed by atoms with Crippen molar-refractivity contribution in [3.8, 4) is 17.2 Å². The van der Waals surface area contributed by atoms with Gasteiger partial charge in [-0.05, 0) is 67.6 Å². The second-order valence-corrected chi connectivity index (χ2v) is 10.9. The Labute approximate surface area is 230 Å². The number of carbonyl (C=O) groups excluding carboxylic acids is 1. The van der Waals surface area contributed by atoms with E-state index in [1.54, 1.807) is 91.3 Å². The molecule has 3 heterocycles. The summed E-state index contributed by atoms with van der Waals surface area (Å²) in [5, 5.41) is 4.93. The smallest absolute Gasteiger partial charge is 0.268 e. The summed E-state index contributed by atoms with van der Waals surface area (Å²) in [6.45, 7) is 1.87. The fourth-order valence-electron chi connectivity index (χ4n) is 4.44. The van der Waals surface area contributed by atoms with E-state index in [0.29, 0.717) is 28.1 Å². The molecular weight excluding hydrogens is 526 g/mol. The Morgan fingerprint density at radius 3 is 2.35 bits per heavy atom. The Morgan fingerprint density at radius 1 is 0.875 bits per heavy atom. The van der Waals surface area contributed by atoms with Gasteiger partial charge in [0.1, 0.15) is 23.0 Å². The molecule has 10 heteroatoms. The van der Waals surface area contributed by atoms with E-state index in [1.807, 2.05) is 6.92 Å². The number of aryl methyl sites for hydroxylation is 1. The summed E-state index contributed by atoms with van der Waals surface area (Å²) in [7, 11) is -4.10. The van der Waals surface area contributed by atoms with E-state index >= 15 is 0 Å². The average Bonchev–Trinajstić information content (AvgIpc) is 3.55. The number of hydrogen-bond acceptors (Lipinski definition) is 7. The largest absolute Gasteiger partial charge is 0.456 e. The molecule has 198 valence electrons. The van der Waals surface area contributed by atoms with Gasteiger partial charge < -0.3 is 10.5 Å². The van der Waals surface area contributed by atoms with Crippen molar-refractivity contribution in [3.05, 3.63) is 126 Å². The first-order valence-corrected chi connectivity index (χ1v) is 13.8. The number of nitrogens with two attached hydrogens (primary N) is 1. The third-order valence-electron chi connectivity index (χ3n) is 6.46. The summed E-state index contributed by atoms with van der Waals surface area (Å²) in [6.07, 6.45) is 4.61. The molecule has 0 amide bonds. The summed E-state index contributed by atoms with van der Waals surface area (Å²) in [4.78, 5) is 18.0. The van der Waals surface area contributed by atoms with Crippen molar-refractivity contribution in [1.82, 2.24) is 18.7 Å². The number of para-hydroxylation sites is 1. The predicted molar refractivity (Wildman–Crippen MR) is 151 cm³/mol. The Morgan fingerprint density at radius 2 is 1.62 bits per heavy atom. The van der Waals surface area contributed by atoms with Crippen LogP contribution >= 0.6 is 0 Å². The zero-order chi connectivity index (χ0) is 27.9. The number of rotatable bonds is 7. The average molecular weight is 550 g/mol. The number of benzene rings is 3. The molecule has 0 bridgehead atoms. The minimum atomic E-state index is -4.10. The van der Waals surface area contributed by atoms with E-state index in [0.717, 1.165) is 9.54 Å². The van der Waals surface area contributed by atoms with Crippen LogP contribution in [0.4, 0.5) is 5.82 Å². The van der Waals surface area contributed by atoms with Crippen molar-refractivity contribution < 1.29 is 17.9 Å². The van der Waals surface area contributed by atoms with Crippen LogP contribution in [-0.2, 0) is 10.0 Å². The maximum absolute atomic E-state index is 13.8. The highest BCUT2D eigenvalue weighted by atomic mass is 32.2. The molecule has 0 atom stereocenters. The topological polar surface area (TPSA) is 122 Å². The SMILES string of the molecule is Cc1ccc(S(=O)(=O)n2c(C(=O)c3cnn(-c4ccc(Oc5cccnc5)cc4)c3N)cc3ccccc32)cc1. The van der Waals surface area contributed by atoms with Crippen LogP contribution in [0.25, 0.3) is 16.6 Å². The van der Waals surface area contributed by atoms with Gasteiger partial charge in [0.05, 0.1) is 34.1 Å². The molecule has 0 spiro atoms. The molecule has 0 aliphatic rings. The number of nitrogens with zero attached hydrogens (tertiary/aromatic N) is 4. The van der Waals surface area contributed by atoms with Gasteiger partial charge in [-0.15, -0.1) is 0 Å². The van der Waals surface area contributed by atoms with Crippen LogP contribution in [0.2, 0.25) is 0 Å². The number of pyridine rings is 1. The van der Waals surface area contributed by atoms with Gasteiger partial charge in [-0.25, -0.2) is 17.1 Å². The Hall–Kier alpha value is -5.22. The molecule has 0 saturated heterocycles. The summed E-state index contributed by atoms with van der Waals surface area (Å²) in [5.41, 5.74) is 8.36. The van der Waals surface area contributed by atoms with Crippen molar-refractivity contribution >= 4 is 32.5 Å².